The highest BCUT2D eigenvalue weighted by Crippen LogP contribution is 2.18. The maximum Gasteiger partial charge on any atom is 0.304 e. The lowest BCUT2D eigenvalue weighted by atomic mass is 9.93. The number of likely N-dealkylation sites (N-methyl/N-ethyl adjacent to an activating group) is 1. The number of benzene rings is 1. The molecule has 1 atom stereocenters. The molecule has 3 heteroatoms. The lowest BCUT2D eigenvalue weighted by Gasteiger charge is -2.31. The molecule has 0 saturated heterocycles. The molecule has 0 saturated carbocycles. The van der Waals surface area contributed by atoms with Gasteiger partial charge in [-0.05, 0) is 37.4 Å². The number of hydrogen-bond donors (Lipinski definition) is 1. The van der Waals surface area contributed by atoms with E-state index in [2.05, 4.69) is 49.9 Å². The van der Waals surface area contributed by atoms with E-state index in [1.165, 1.54) is 11.1 Å². The summed E-state index contributed by atoms with van der Waals surface area (Å²) in [5.41, 5.74) is 2.66. The van der Waals surface area contributed by atoms with Crippen LogP contribution in [-0.4, -0.2) is 35.6 Å². The lowest BCUT2D eigenvalue weighted by molar-refractivity contribution is -0.137. The lowest BCUT2D eigenvalue weighted by Crippen LogP contribution is -2.39. The first kappa shape index (κ1) is 15.7. The maximum atomic E-state index is 10.7. The second-order valence-corrected chi connectivity index (χ2v) is 5.57. The zero-order valence-corrected chi connectivity index (χ0v) is 12.4. The van der Waals surface area contributed by atoms with Crippen molar-refractivity contribution in [2.45, 2.75) is 39.7 Å². The van der Waals surface area contributed by atoms with E-state index in [0.29, 0.717) is 18.5 Å². The minimum Gasteiger partial charge on any atom is -0.481 e. The SMILES string of the molecule is Cc1ccccc1CC(C(C)C)N(C)CCC(=O)O. The van der Waals surface area contributed by atoms with Crippen molar-refractivity contribution < 1.29 is 9.90 Å². The Morgan fingerprint density at radius 1 is 1.32 bits per heavy atom. The van der Waals surface area contributed by atoms with Crippen molar-refractivity contribution in [2.75, 3.05) is 13.6 Å². The van der Waals surface area contributed by atoms with E-state index in [-0.39, 0.29) is 6.42 Å². The Kier molecular flexibility index (Phi) is 6.03. The number of carboxylic acids is 1. The van der Waals surface area contributed by atoms with Crippen molar-refractivity contribution >= 4 is 5.97 Å². The Labute approximate surface area is 116 Å². The van der Waals surface area contributed by atoms with Gasteiger partial charge in [-0.25, -0.2) is 0 Å². The van der Waals surface area contributed by atoms with Crippen molar-refractivity contribution in [3.63, 3.8) is 0 Å². The predicted octanol–water partition coefficient (Wildman–Crippen LogP) is 2.97. The molecule has 0 heterocycles. The Morgan fingerprint density at radius 2 is 1.95 bits per heavy atom. The molecule has 0 aliphatic heterocycles. The molecule has 106 valence electrons. The van der Waals surface area contributed by atoms with Crippen LogP contribution >= 0.6 is 0 Å². The number of hydrogen-bond acceptors (Lipinski definition) is 2. The van der Waals surface area contributed by atoms with Crippen LogP contribution < -0.4 is 0 Å². The zero-order valence-electron chi connectivity index (χ0n) is 12.4. The van der Waals surface area contributed by atoms with Crippen LogP contribution in [0.2, 0.25) is 0 Å². The minimum absolute atomic E-state index is 0.202. The fourth-order valence-corrected chi connectivity index (χ4v) is 2.40. The van der Waals surface area contributed by atoms with Crippen molar-refractivity contribution in [1.82, 2.24) is 4.90 Å². The molecule has 0 fully saturated rings. The van der Waals surface area contributed by atoms with Crippen molar-refractivity contribution in [3.8, 4) is 0 Å². The third kappa shape index (κ3) is 5.03. The maximum absolute atomic E-state index is 10.7. The van der Waals surface area contributed by atoms with Gasteiger partial charge in [0.05, 0.1) is 6.42 Å². The second-order valence-electron chi connectivity index (χ2n) is 5.57. The van der Waals surface area contributed by atoms with Gasteiger partial charge in [-0.3, -0.25) is 4.79 Å². The number of aryl methyl sites for hydroxylation is 1. The zero-order chi connectivity index (χ0) is 14.4. The van der Waals surface area contributed by atoms with Gasteiger partial charge in [0, 0.05) is 12.6 Å². The van der Waals surface area contributed by atoms with Crippen LogP contribution in [0, 0.1) is 12.8 Å². The third-order valence-corrected chi connectivity index (χ3v) is 3.70. The van der Waals surface area contributed by atoms with Crippen LogP contribution in [0.3, 0.4) is 0 Å². The van der Waals surface area contributed by atoms with E-state index in [4.69, 9.17) is 5.11 Å². The van der Waals surface area contributed by atoms with Crippen molar-refractivity contribution in [2.24, 2.45) is 5.92 Å². The quantitative estimate of drug-likeness (QED) is 0.822. The van der Waals surface area contributed by atoms with E-state index in [9.17, 15) is 4.79 Å². The number of carboxylic acid groups (broad SMARTS) is 1. The molecule has 0 spiro atoms. The fraction of sp³-hybridized carbons (Fsp3) is 0.562. The Hall–Kier alpha value is -1.35. The molecule has 3 nitrogen and oxygen atoms in total. The first-order valence-electron chi connectivity index (χ1n) is 6.88. The van der Waals surface area contributed by atoms with Crippen LogP contribution in [0.4, 0.5) is 0 Å². The van der Waals surface area contributed by atoms with Gasteiger partial charge in [0.25, 0.3) is 0 Å². The topological polar surface area (TPSA) is 40.5 Å². The molecule has 1 N–H and O–H groups in total. The highest BCUT2D eigenvalue weighted by Gasteiger charge is 2.20. The average Bonchev–Trinajstić information content (AvgIpc) is 2.34. The molecule has 19 heavy (non-hydrogen) atoms. The van der Waals surface area contributed by atoms with Crippen molar-refractivity contribution in [1.29, 1.82) is 0 Å². The van der Waals surface area contributed by atoms with Gasteiger partial charge in [-0.1, -0.05) is 38.1 Å². The van der Waals surface area contributed by atoms with E-state index in [1.54, 1.807) is 0 Å². The first-order valence-corrected chi connectivity index (χ1v) is 6.88. The van der Waals surface area contributed by atoms with Gasteiger partial charge in [0.1, 0.15) is 0 Å². The van der Waals surface area contributed by atoms with Crippen LogP contribution in [0.5, 0.6) is 0 Å². The van der Waals surface area contributed by atoms with E-state index in [0.717, 1.165) is 6.42 Å². The Morgan fingerprint density at radius 3 is 2.47 bits per heavy atom. The molecular formula is C16H25NO2. The van der Waals surface area contributed by atoms with E-state index < -0.39 is 5.97 Å². The van der Waals surface area contributed by atoms with Gasteiger partial charge in [-0.2, -0.15) is 0 Å². The smallest absolute Gasteiger partial charge is 0.304 e. The summed E-state index contributed by atoms with van der Waals surface area (Å²) in [6.45, 7) is 7.12. The molecular weight excluding hydrogens is 238 g/mol. The Bertz CT molecular complexity index is 415. The van der Waals surface area contributed by atoms with Crippen LogP contribution in [0.15, 0.2) is 24.3 Å². The first-order chi connectivity index (χ1) is 8.91. The summed E-state index contributed by atoms with van der Waals surface area (Å²) in [4.78, 5) is 12.9. The van der Waals surface area contributed by atoms with Gasteiger partial charge < -0.3 is 10.0 Å². The summed E-state index contributed by atoms with van der Waals surface area (Å²) in [6.07, 6.45) is 1.17. The molecule has 1 unspecified atom stereocenters. The number of carbonyl (C=O) groups is 1. The van der Waals surface area contributed by atoms with E-state index in [1.807, 2.05) is 7.05 Å². The second kappa shape index (κ2) is 7.29. The number of aliphatic carboxylic acids is 1. The van der Waals surface area contributed by atoms with Crippen LogP contribution in [-0.2, 0) is 11.2 Å². The van der Waals surface area contributed by atoms with Gasteiger partial charge in [0.15, 0.2) is 0 Å². The van der Waals surface area contributed by atoms with Gasteiger partial charge >= 0.3 is 5.97 Å². The highest BCUT2D eigenvalue weighted by molar-refractivity contribution is 5.66. The Balaban J connectivity index is 2.73. The number of rotatable bonds is 7. The monoisotopic (exact) mass is 263 g/mol. The van der Waals surface area contributed by atoms with Crippen molar-refractivity contribution in [3.05, 3.63) is 35.4 Å². The molecule has 0 aromatic heterocycles. The summed E-state index contributed by atoms with van der Waals surface area (Å²) in [5, 5.41) is 8.79. The molecule has 0 aliphatic carbocycles. The third-order valence-electron chi connectivity index (χ3n) is 3.70. The average molecular weight is 263 g/mol. The minimum atomic E-state index is -0.731. The summed E-state index contributed by atoms with van der Waals surface area (Å²) >= 11 is 0. The highest BCUT2D eigenvalue weighted by atomic mass is 16.4. The van der Waals surface area contributed by atoms with Crippen LogP contribution in [0.1, 0.15) is 31.4 Å². The molecule has 0 bridgehead atoms. The van der Waals surface area contributed by atoms with Crippen LogP contribution in [0.25, 0.3) is 0 Å². The molecule has 0 amide bonds. The molecule has 1 aromatic carbocycles. The summed E-state index contributed by atoms with van der Waals surface area (Å²) in [7, 11) is 2.02. The summed E-state index contributed by atoms with van der Waals surface area (Å²) in [5.74, 6) is -0.233. The largest absolute Gasteiger partial charge is 0.481 e. The summed E-state index contributed by atoms with van der Waals surface area (Å²) in [6, 6.07) is 8.79. The predicted molar refractivity (Wildman–Crippen MR) is 78.4 cm³/mol. The molecule has 1 aromatic rings. The summed E-state index contributed by atoms with van der Waals surface area (Å²) < 4.78 is 0. The molecule has 0 radical (unpaired) electrons. The fourth-order valence-electron chi connectivity index (χ4n) is 2.40. The molecule has 1 rings (SSSR count). The van der Waals surface area contributed by atoms with Gasteiger partial charge in [-0.15, -0.1) is 0 Å². The van der Waals surface area contributed by atoms with E-state index >= 15 is 0 Å². The molecule has 0 aliphatic rings. The number of nitrogens with zero attached hydrogens (tertiary/aromatic N) is 1. The van der Waals surface area contributed by atoms with Gasteiger partial charge in [0.2, 0.25) is 0 Å². The standard InChI is InChI=1S/C16H25NO2/c1-12(2)15(17(4)10-9-16(18)19)11-14-8-6-5-7-13(14)3/h5-8,12,15H,9-11H2,1-4H3,(H,18,19). The normalized spacial score (nSPS) is 12.9.